The molecule has 1 atom stereocenters. The second-order valence-electron chi connectivity index (χ2n) is 7.85. The van der Waals surface area contributed by atoms with Gasteiger partial charge in [-0.1, -0.05) is 25.7 Å². The van der Waals surface area contributed by atoms with Gasteiger partial charge in [-0.25, -0.2) is 4.98 Å². The van der Waals surface area contributed by atoms with Crippen LogP contribution in [0.25, 0.3) is 0 Å². The molecule has 2 heterocycles. The average molecular weight is 349 g/mol. The van der Waals surface area contributed by atoms with Crippen LogP contribution < -0.4 is 0 Å². The Kier molecular flexibility index (Phi) is 6.12. The van der Waals surface area contributed by atoms with Crippen LogP contribution in [0.4, 0.5) is 0 Å². The molecule has 0 bridgehead atoms. The second kappa shape index (κ2) is 8.32. The Bertz CT molecular complexity index is 568. The molecule has 25 heavy (non-hydrogen) atoms. The number of aromatic amines is 1. The van der Waals surface area contributed by atoms with Crippen molar-refractivity contribution >= 4 is 5.97 Å². The van der Waals surface area contributed by atoms with E-state index in [0.29, 0.717) is 19.6 Å². The van der Waals surface area contributed by atoms with Crippen molar-refractivity contribution in [2.45, 2.75) is 57.9 Å². The zero-order valence-electron chi connectivity index (χ0n) is 15.3. The first-order valence-electron chi connectivity index (χ1n) is 9.59. The molecule has 0 spiro atoms. The highest BCUT2D eigenvalue weighted by molar-refractivity contribution is 5.75. The highest BCUT2D eigenvalue weighted by Crippen LogP contribution is 2.34. The summed E-state index contributed by atoms with van der Waals surface area (Å²) >= 11 is 0. The Balaban J connectivity index is 1.58. The summed E-state index contributed by atoms with van der Waals surface area (Å²) in [4.78, 5) is 22.1. The van der Waals surface area contributed by atoms with Crippen molar-refractivity contribution < 1.29 is 14.6 Å². The van der Waals surface area contributed by atoms with E-state index in [2.05, 4.69) is 14.9 Å². The van der Waals surface area contributed by atoms with E-state index in [1.807, 2.05) is 6.20 Å². The highest BCUT2D eigenvalue weighted by atomic mass is 16.5. The number of ether oxygens (including phenoxy) is 1. The maximum absolute atomic E-state index is 11.9. The summed E-state index contributed by atoms with van der Waals surface area (Å²) in [5.74, 6) is 1.17. The van der Waals surface area contributed by atoms with E-state index in [0.717, 1.165) is 49.8 Å². The van der Waals surface area contributed by atoms with E-state index in [1.54, 1.807) is 7.11 Å². The number of methoxy groups -OCH3 is 1. The third kappa shape index (κ3) is 4.61. The molecule has 1 aliphatic carbocycles. The predicted molar refractivity (Wildman–Crippen MR) is 95.3 cm³/mol. The van der Waals surface area contributed by atoms with Crippen LogP contribution in [0.3, 0.4) is 0 Å². The molecule has 1 aromatic heterocycles. The molecular formula is C19H31N3O3. The van der Waals surface area contributed by atoms with Crippen LogP contribution in [0.5, 0.6) is 0 Å². The van der Waals surface area contributed by atoms with Crippen LogP contribution >= 0.6 is 0 Å². The summed E-state index contributed by atoms with van der Waals surface area (Å²) < 4.78 is 5.14. The van der Waals surface area contributed by atoms with Crippen molar-refractivity contribution in [1.82, 2.24) is 14.9 Å². The van der Waals surface area contributed by atoms with Gasteiger partial charge in [-0.2, -0.15) is 0 Å². The number of aliphatic carboxylic acids is 1. The maximum atomic E-state index is 11.9. The molecule has 0 aromatic carbocycles. The van der Waals surface area contributed by atoms with Gasteiger partial charge < -0.3 is 14.8 Å². The zero-order chi connectivity index (χ0) is 17.7. The van der Waals surface area contributed by atoms with E-state index in [4.69, 9.17) is 4.74 Å². The van der Waals surface area contributed by atoms with Gasteiger partial charge >= 0.3 is 5.97 Å². The van der Waals surface area contributed by atoms with Gasteiger partial charge in [0.25, 0.3) is 0 Å². The zero-order valence-corrected chi connectivity index (χ0v) is 15.3. The molecule has 1 saturated carbocycles. The van der Waals surface area contributed by atoms with Gasteiger partial charge in [0, 0.05) is 45.1 Å². The molecule has 1 aromatic rings. The summed E-state index contributed by atoms with van der Waals surface area (Å²) in [7, 11) is 1.63. The Morgan fingerprint density at radius 2 is 2.24 bits per heavy atom. The SMILES string of the molecule is COCC[C@@]1(C(=O)O)CCCN(Cc2cnc(CC3CCCC3)[nH]2)C1. The van der Waals surface area contributed by atoms with E-state index in [9.17, 15) is 9.90 Å². The third-order valence-electron chi connectivity index (χ3n) is 5.93. The van der Waals surface area contributed by atoms with E-state index < -0.39 is 11.4 Å². The van der Waals surface area contributed by atoms with Crippen molar-refractivity contribution in [3.8, 4) is 0 Å². The fraction of sp³-hybridized carbons (Fsp3) is 0.789. The normalized spacial score (nSPS) is 25.5. The number of H-pyrrole nitrogens is 1. The van der Waals surface area contributed by atoms with Gasteiger partial charge in [-0.05, 0) is 31.7 Å². The third-order valence-corrected chi connectivity index (χ3v) is 5.93. The lowest BCUT2D eigenvalue weighted by Gasteiger charge is -2.39. The second-order valence-corrected chi connectivity index (χ2v) is 7.85. The highest BCUT2D eigenvalue weighted by Gasteiger charge is 2.42. The Labute approximate surface area is 150 Å². The monoisotopic (exact) mass is 349 g/mol. The number of aromatic nitrogens is 2. The van der Waals surface area contributed by atoms with Crippen LogP contribution in [0.1, 0.15) is 56.5 Å². The predicted octanol–water partition coefficient (Wildman–Crippen LogP) is 2.85. The lowest BCUT2D eigenvalue weighted by molar-refractivity contribution is -0.154. The van der Waals surface area contributed by atoms with Crippen molar-refractivity contribution in [1.29, 1.82) is 0 Å². The molecule has 0 amide bonds. The first kappa shape index (κ1) is 18.4. The van der Waals surface area contributed by atoms with Gasteiger partial charge in [0.1, 0.15) is 5.82 Å². The number of likely N-dealkylation sites (tertiary alicyclic amines) is 1. The lowest BCUT2D eigenvalue weighted by atomic mass is 9.77. The summed E-state index contributed by atoms with van der Waals surface area (Å²) in [5, 5.41) is 9.76. The Hall–Kier alpha value is -1.40. The number of carboxylic acid groups (broad SMARTS) is 1. The van der Waals surface area contributed by atoms with E-state index in [1.165, 1.54) is 25.7 Å². The van der Waals surface area contributed by atoms with Crippen molar-refractivity contribution in [3.05, 3.63) is 17.7 Å². The fourth-order valence-electron chi connectivity index (χ4n) is 4.46. The smallest absolute Gasteiger partial charge is 0.311 e. The number of imidazole rings is 1. The van der Waals surface area contributed by atoms with Crippen LogP contribution in [0, 0.1) is 11.3 Å². The molecule has 140 valence electrons. The summed E-state index contributed by atoms with van der Waals surface area (Å²) in [6, 6.07) is 0. The molecule has 3 rings (SSSR count). The largest absolute Gasteiger partial charge is 0.481 e. The van der Waals surface area contributed by atoms with E-state index in [-0.39, 0.29) is 0 Å². The molecule has 0 radical (unpaired) electrons. The minimum atomic E-state index is -0.694. The Morgan fingerprint density at radius 3 is 2.96 bits per heavy atom. The molecular weight excluding hydrogens is 318 g/mol. The molecule has 0 unspecified atom stereocenters. The van der Waals surface area contributed by atoms with Crippen molar-refractivity contribution in [2.24, 2.45) is 11.3 Å². The van der Waals surface area contributed by atoms with Crippen LogP contribution in [0.2, 0.25) is 0 Å². The fourth-order valence-corrected chi connectivity index (χ4v) is 4.46. The molecule has 2 N–H and O–H groups in total. The topological polar surface area (TPSA) is 78.5 Å². The Morgan fingerprint density at radius 1 is 1.44 bits per heavy atom. The quantitative estimate of drug-likeness (QED) is 0.754. The first-order chi connectivity index (χ1) is 12.1. The number of nitrogens with one attached hydrogen (secondary N) is 1. The van der Waals surface area contributed by atoms with Gasteiger partial charge in [-0.15, -0.1) is 0 Å². The maximum Gasteiger partial charge on any atom is 0.311 e. The number of hydrogen-bond donors (Lipinski definition) is 2. The molecule has 6 heteroatoms. The number of nitrogens with zero attached hydrogens (tertiary/aromatic N) is 2. The molecule has 1 aliphatic heterocycles. The van der Waals surface area contributed by atoms with E-state index >= 15 is 0 Å². The van der Waals surface area contributed by atoms with Gasteiger partial charge in [0.15, 0.2) is 0 Å². The molecule has 2 aliphatic rings. The first-order valence-corrected chi connectivity index (χ1v) is 9.59. The number of carbonyl (C=O) groups is 1. The van der Waals surface area contributed by atoms with Gasteiger partial charge in [0.2, 0.25) is 0 Å². The summed E-state index contributed by atoms with van der Waals surface area (Å²) in [6.45, 7) is 2.77. The van der Waals surface area contributed by atoms with Crippen LogP contribution in [0.15, 0.2) is 6.20 Å². The average Bonchev–Trinajstić information content (AvgIpc) is 3.26. The summed E-state index contributed by atoms with van der Waals surface area (Å²) in [5.41, 5.74) is 0.418. The van der Waals surface area contributed by atoms with Gasteiger partial charge in [0.05, 0.1) is 5.41 Å². The number of piperidine rings is 1. The molecule has 1 saturated heterocycles. The van der Waals surface area contributed by atoms with Gasteiger partial charge in [-0.3, -0.25) is 9.69 Å². The standard InChI is InChI=1S/C19H31N3O3/c1-25-10-8-19(18(23)24)7-4-9-22(14-19)13-16-12-20-17(21-16)11-15-5-2-3-6-15/h12,15H,2-11,13-14H2,1H3,(H,20,21)(H,23,24)/t19-/m0/s1. The van der Waals surface area contributed by atoms with Crippen LogP contribution in [-0.4, -0.2) is 52.7 Å². The number of carboxylic acids is 1. The minimum Gasteiger partial charge on any atom is -0.481 e. The van der Waals surface area contributed by atoms with Crippen molar-refractivity contribution in [3.63, 3.8) is 0 Å². The molecule has 6 nitrogen and oxygen atoms in total. The molecule has 2 fully saturated rings. The van der Waals surface area contributed by atoms with Crippen molar-refractivity contribution in [2.75, 3.05) is 26.8 Å². The number of rotatable bonds is 8. The summed E-state index contributed by atoms with van der Waals surface area (Å²) in [6.07, 6.45) is 10.5. The number of hydrogen-bond acceptors (Lipinski definition) is 4. The van der Waals surface area contributed by atoms with Crippen LogP contribution in [-0.2, 0) is 22.5 Å². The minimum absolute atomic E-state index is 0.496. The lowest BCUT2D eigenvalue weighted by Crippen LogP contribution is -2.48.